The second-order valence-electron chi connectivity index (χ2n) is 7.56. The molecule has 4 heterocycles. The second-order valence-corrected chi connectivity index (χ2v) is 8.51. The summed E-state index contributed by atoms with van der Waals surface area (Å²) in [5.41, 5.74) is 1.69. The summed E-state index contributed by atoms with van der Waals surface area (Å²) in [6.07, 6.45) is 3.45. The molecule has 8 heteroatoms. The van der Waals surface area contributed by atoms with Gasteiger partial charge in [-0.3, -0.25) is 9.59 Å². The number of nitrogens with zero attached hydrogens (tertiary/aromatic N) is 3. The lowest BCUT2D eigenvalue weighted by Crippen LogP contribution is -2.44. The Hall–Kier alpha value is -3.00. The van der Waals surface area contributed by atoms with Crippen molar-refractivity contribution in [2.75, 3.05) is 18.4 Å². The molecule has 0 radical (unpaired) electrons. The van der Waals surface area contributed by atoms with Crippen LogP contribution in [0.25, 0.3) is 10.8 Å². The first-order chi connectivity index (χ1) is 14.5. The lowest BCUT2D eigenvalue weighted by molar-refractivity contribution is -0.134. The highest BCUT2D eigenvalue weighted by atomic mass is 32.1. The predicted molar refractivity (Wildman–Crippen MR) is 115 cm³/mol. The summed E-state index contributed by atoms with van der Waals surface area (Å²) in [4.78, 5) is 37.0. The molecule has 1 saturated heterocycles. The summed E-state index contributed by atoms with van der Waals surface area (Å²) >= 11 is 1.55. The van der Waals surface area contributed by atoms with Crippen molar-refractivity contribution in [2.45, 2.75) is 33.1 Å². The quantitative estimate of drug-likeness (QED) is 0.672. The van der Waals surface area contributed by atoms with Gasteiger partial charge in [-0.2, -0.15) is 0 Å². The Morgan fingerprint density at radius 1 is 1.30 bits per heavy atom. The van der Waals surface area contributed by atoms with Gasteiger partial charge in [0.2, 0.25) is 17.7 Å². The first kappa shape index (κ1) is 20.3. The van der Waals surface area contributed by atoms with Crippen LogP contribution < -0.4 is 5.32 Å². The number of likely N-dealkylation sites (tertiary alicyclic amines) is 1. The molecule has 0 spiro atoms. The Morgan fingerprint density at radius 3 is 2.90 bits per heavy atom. The molecule has 4 rings (SSSR count). The maximum absolute atomic E-state index is 12.9. The van der Waals surface area contributed by atoms with Crippen molar-refractivity contribution in [3.8, 4) is 10.8 Å². The molecule has 3 aromatic heterocycles. The third kappa shape index (κ3) is 4.59. The van der Waals surface area contributed by atoms with Crippen molar-refractivity contribution in [3.05, 3.63) is 52.9 Å². The fourth-order valence-corrected chi connectivity index (χ4v) is 4.19. The van der Waals surface area contributed by atoms with Crippen LogP contribution in [0.3, 0.4) is 0 Å². The summed E-state index contributed by atoms with van der Waals surface area (Å²) in [5, 5.41) is 4.82. The molecule has 2 amide bonds. The van der Waals surface area contributed by atoms with E-state index in [1.54, 1.807) is 28.5 Å². The van der Waals surface area contributed by atoms with Crippen LogP contribution in [0.2, 0.25) is 0 Å². The molecule has 3 aromatic rings. The molecular weight excluding hydrogens is 400 g/mol. The van der Waals surface area contributed by atoms with Crippen molar-refractivity contribution in [3.63, 3.8) is 0 Å². The molecule has 0 saturated carbocycles. The zero-order valence-electron chi connectivity index (χ0n) is 17.1. The van der Waals surface area contributed by atoms with Gasteiger partial charge >= 0.3 is 0 Å². The highest BCUT2D eigenvalue weighted by molar-refractivity contribution is 7.13. The Kier molecular flexibility index (Phi) is 5.94. The van der Waals surface area contributed by atoms with Gasteiger partial charge in [0.25, 0.3) is 0 Å². The molecule has 156 valence electrons. The fraction of sp³-hybridized carbons (Fsp3) is 0.364. The van der Waals surface area contributed by atoms with Crippen LogP contribution in [0.1, 0.15) is 29.9 Å². The van der Waals surface area contributed by atoms with E-state index in [-0.39, 0.29) is 24.2 Å². The zero-order chi connectivity index (χ0) is 21.1. The summed E-state index contributed by atoms with van der Waals surface area (Å²) in [7, 11) is 0. The molecule has 1 aliphatic heterocycles. The van der Waals surface area contributed by atoms with Gasteiger partial charge in [-0.25, -0.2) is 9.97 Å². The lowest BCUT2D eigenvalue weighted by atomic mass is 9.96. The van der Waals surface area contributed by atoms with Crippen LogP contribution in [0.4, 0.5) is 5.82 Å². The first-order valence-electron chi connectivity index (χ1n) is 10.0. The molecule has 1 atom stereocenters. The molecule has 1 fully saturated rings. The van der Waals surface area contributed by atoms with E-state index < -0.39 is 0 Å². The number of nitrogens with one attached hydrogen (secondary N) is 1. The van der Waals surface area contributed by atoms with Gasteiger partial charge in [0.15, 0.2) is 0 Å². The molecular formula is C22H24N4O3S. The smallest absolute Gasteiger partial charge is 0.236 e. The topological polar surface area (TPSA) is 88.3 Å². The highest BCUT2D eigenvalue weighted by Crippen LogP contribution is 2.26. The normalized spacial score (nSPS) is 16.5. The summed E-state index contributed by atoms with van der Waals surface area (Å²) in [5.74, 6) is 1.37. The van der Waals surface area contributed by atoms with Crippen molar-refractivity contribution in [1.29, 1.82) is 0 Å². The highest BCUT2D eigenvalue weighted by Gasteiger charge is 2.29. The molecule has 30 heavy (non-hydrogen) atoms. The number of amides is 2. The number of piperidine rings is 1. The van der Waals surface area contributed by atoms with Gasteiger partial charge in [0, 0.05) is 19.3 Å². The van der Waals surface area contributed by atoms with Crippen molar-refractivity contribution < 1.29 is 14.0 Å². The predicted octanol–water partition coefficient (Wildman–Crippen LogP) is 3.83. The van der Waals surface area contributed by atoms with Crippen LogP contribution in [0.15, 0.2) is 40.3 Å². The summed E-state index contributed by atoms with van der Waals surface area (Å²) in [6, 6.07) is 7.58. The van der Waals surface area contributed by atoms with Crippen LogP contribution in [-0.2, 0) is 16.0 Å². The van der Waals surface area contributed by atoms with E-state index in [1.807, 2.05) is 37.4 Å². The van der Waals surface area contributed by atoms with Gasteiger partial charge in [-0.1, -0.05) is 12.1 Å². The van der Waals surface area contributed by atoms with Gasteiger partial charge in [-0.15, -0.1) is 11.3 Å². The lowest BCUT2D eigenvalue weighted by Gasteiger charge is -2.32. The van der Waals surface area contributed by atoms with E-state index in [4.69, 9.17) is 4.42 Å². The van der Waals surface area contributed by atoms with Crippen molar-refractivity contribution >= 4 is 29.0 Å². The van der Waals surface area contributed by atoms with Crippen LogP contribution in [0, 0.1) is 19.8 Å². The van der Waals surface area contributed by atoms with E-state index in [2.05, 4.69) is 15.3 Å². The van der Waals surface area contributed by atoms with Gasteiger partial charge in [0.1, 0.15) is 11.6 Å². The van der Waals surface area contributed by atoms with Crippen molar-refractivity contribution in [2.24, 2.45) is 5.92 Å². The number of carbonyl (C=O) groups excluding carboxylic acids is 2. The fourth-order valence-electron chi connectivity index (χ4n) is 3.54. The Labute approximate surface area is 179 Å². The van der Waals surface area contributed by atoms with Crippen molar-refractivity contribution in [1.82, 2.24) is 14.9 Å². The zero-order valence-corrected chi connectivity index (χ0v) is 17.9. The number of aryl methyl sites for hydroxylation is 2. The number of carbonyl (C=O) groups is 2. The molecule has 1 N–H and O–H groups in total. The standard InChI is InChI=1S/C22H24N4O3S/c1-14-7-8-19(23-12-14)25-21(28)16-5-3-9-26(13-16)20(27)11-17-15(2)29-22(24-17)18-6-4-10-30-18/h4,6-8,10,12,16H,3,5,9,11,13H2,1-2H3,(H,23,25,28). The number of hydrogen-bond donors (Lipinski definition) is 1. The SMILES string of the molecule is Cc1ccc(NC(=O)C2CCCN(C(=O)Cc3nc(-c4cccs4)oc3C)C2)nc1. The summed E-state index contributed by atoms with van der Waals surface area (Å²) < 4.78 is 5.74. The van der Waals surface area contributed by atoms with Gasteiger partial charge in [-0.05, 0) is 49.8 Å². The largest absolute Gasteiger partial charge is 0.440 e. The number of oxazole rings is 1. The van der Waals surface area contributed by atoms with E-state index in [0.717, 1.165) is 23.3 Å². The minimum Gasteiger partial charge on any atom is -0.440 e. The van der Waals surface area contributed by atoms with E-state index in [9.17, 15) is 9.59 Å². The molecule has 0 bridgehead atoms. The number of thiophene rings is 1. The van der Waals surface area contributed by atoms with Crippen LogP contribution >= 0.6 is 11.3 Å². The molecule has 1 unspecified atom stereocenters. The third-order valence-corrected chi connectivity index (χ3v) is 6.11. The molecule has 0 aromatic carbocycles. The Morgan fingerprint density at radius 2 is 2.17 bits per heavy atom. The van der Waals surface area contributed by atoms with Crippen LogP contribution in [0.5, 0.6) is 0 Å². The third-order valence-electron chi connectivity index (χ3n) is 5.25. The number of hydrogen-bond acceptors (Lipinski definition) is 6. The van der Waals surface area contributed by atoms with Gasteiger partial charge < -0.3 is 14.6 Å². The minimum absolute atomic E-state index is 0.0323. The van der Waals surface area contributed by atoms with E-state index in [0.29, 0.717) is 36.3 Å². The molecule has 1 aliphatic rings. The maximum atomic E-state index is 12.9. The Bertz CT molecular complexity index is 1030. The van der Waals surface area contributed by atoms with Crippen LogP contribution in [-0.4, -0.2) is 39.8 Å². The average molecular weight is 425 g/mol. The monoisotopic (exact) mass is 424 g/mol. The molecule has 0 aliphatic carbocycles. The maximum Gasteiger partial charge on any atom is 0.236 e. The van der Waals surface area contributed by atoms with E-state index in [1.165, 1.54) is 0 Å². The number of anilines is 1. The number of pyridine rings is 1. The first-order valence-corrected chi connectivity index (χ1v) is 10.9. The minimum atomic E-state index is -0.245. The number of aromatic nitrogens is 2. The second kappa shape index (κ2) is 8.79. The molecule has 7 nitrogen and oxygen atoms in total. The Balaban J connectivity index is 1.37. The van der Waals surface area contributed by atoms with Gasteiger partial charge in [0.05, 0.1) is 22.9 Å². The summed E-state index contributed by atoms with van der Waals surface area (Å²) in [6.45, 7) is 4.84. The average Bonchev–Trinajstić information content (AvgIpc) is 3.40. The number of rotatable bonds is 5. The van der Waals surface area contributed by atoms with E-state index >= 15 is 0 Å².